The van der Waals surface area contributed by atoms with E-state index in [1.807, 2.05) is 42.6 Å². The van der Waals surface area contributed by atoms with Gasteiger partial charge in [-0.1, -0.05) is 22.9 Å². The van der Waals surface area contributed by atoms with Gasteiger partial charge in [0.1, 0.15) is 0 Å². The SMILES string of the molecule is Cc1ccsc1-c1nnc(NC(=O)CSc2ccc(Cl)cc2)s1. The summed E-state index contributed by atoms with van der Waals surface area (Å²) in [7, 11) is 0. The van der Waals surface area contributed by atoms with Crippen LogP contribution < -0.4 is 5.32 Å². The lowest BCUT2D eigenvalue weighted by molar-refractivity contribution is -0.113. The molecule has 2 aromatic heterocycles. The molecule has 0 aliphatic heterocycles. The molecule has 23 heavy (non-hydrogen) atoms. The van der Waals surface area contributed by atoms with Gasteiger partial charge in [-0.25, -0.2) is 0 Å². The Morgan fingerprint density at radius 3 is 2.74 bits per heavy atom. The van der Waals surface area contributed by atoms with E-state index in [1.165, 1.54) is 28.7 Å². The number of benzene rings is 1. The summed E-state index contributed by atoms with van der Waals surface area (Å²) in [5.41, 5.74) is 1.17. The Hall–Kier alpha value is -1.41. The highest BCUT2D eigenvalue weighted by atomic mass is 35.5. The maximum absolute atomic E-state index is 12.0. The van der Waals surface area contributed by atoms with Crippen LogP contribution >= 0.6 is 46.0 Å². The Morgan fingerprint density at radius 1 is 1.26 bits per heavy atom. The first-order valence-corrected chi connectivity index (χ1v) is 9.74. The van der Waals surface area contributed by atoms with Gasteiger partial charge in [0.2, 0.25) is 11.0 Å². The summed E-state index contributed by atoms with van der Waals surface area (Å²) < 4.78 is 0. The van der Waals surface area contributed by atoms with Crippen LogP contribution in [0.25, 0.3) is 9.88 Å². The van der Waals surface area contributed by atoms with Gasteiger partial charge >= 0.3 is 0 Å². The lowest BCUT2D eigenvalue weighted by Crippen LogP contribution is -2.13. The minimum Gasteiger partial charge on any atom is -0.300 e. The molecule has 0 atom stereocenters. The predicted octanol–water partition coefficient (Wildman–Crippen LogP) is 4.96. The molecule has 1 amide bonds. The maximum Gasteiger partial charge on any atom is 0.236 e. The molecule has 4 nitrogen and oxygen atoms in total. The minimum atomic E-state index is -0.101. The summed E-state index contributed by atoms with van der Waals surface area (Å²) >= 11 is 10.3. The van der Waals surface area contributed by atoms with Crippen molar-refractivity contribution in [2.24, 2.45) is 0 Å². The number of carbonyl (C=O) groups excluding carboxylic acids is 1. The Morgan fingerprint density at radius 2 is 2.04 bits per heavy atom. The monoisotopic (exact) mass is 381 g/mol. The van der Waals surface area contributed by atoms with Gasteiger partial charge in [-0.05, 0) is 48.2 Å². The molecule has 118 valence electrons. The van der Waals surface area contributed by atoms with E-state index in [2.05, 4.69) is 15.5 Å². The number of nitrogens with one attached hydrogen (secondary N) is 1. The number of nitrogens with zero attached hydrogens (tertiary/aromatic N) is 2. The van der Waals surface area contributed by atoms with Crippen LogP contribution in [0.1, 0.15) is 5.56 Å². The van der Waals surface area contributed by atoms with Crippen LogP contribution in [0.2, 0.25) is 5.02 Å². The smallest absolute Gasteiger partial charge is 0.236 e. The number of hydrogen-bond donors (Lipinski definition) is 1. The fraction of sp³-hybridized carbons (Fsp3) is 0.133. The third-order valence-electron chi connectivity index (χ3n) is 2.91. The molecule has 2 heterocycles. The van der Waals surface area contributed by atoms with E-state index >= 15 is 0 Å². The van der Waals surface area contributed by atoms with Crippen LogP contribution in [-0.2, 0) is 4.79 Å². The van der Waals surface area contributed by atoms with Gasteiger partial charge in [-0.3, -0.25) is 10.1 Å². The first-order chi connectivity index (χ1) is 11.1. The summed E-state index contributed by atoms with van der Waals surface area (Å²) in [5, 5.41) is 15.0. The summed E-state index contributed by atoms with van der Waals surface area (Å²) in [5.74, 6) is 0.213. The molecule has 3 rings (SSSR count). The van der Waals surface area contributed by atoms with Crippen molar-refractivity contribution in [1.82, 2.24) is 10.2 Å². The molecule has 3 aromatic rings. The van der Waals surface area contributed by atoms with E-state index in [4.69, 9.17) is 11.6 Å². The van der Waals surface area contributed by atoms with E-state index < -0.39 is 0 Å². The normalized spacial score (nSPS) is 10.7. The number of hydrogen-bond acceptors (Lipinski definition) is 6. The number of aryl methyl sites for hydroxylation is 1. The first kappa shape index (κ1) is 16.4. The second-order valence-electron chi connectivity index (χ2n) is 4.64. The summed E-state index contributed by atoms with van der Waals surface area (Å²) in [6.45, 7) is 2.04. The average molecular weight is 382 g/mol. The zero-order valence-corrected chi connectivity index (χ0v) is 15.3. The second-order valence-corrected chi connectivity index (χ2v) is 8.01. The molecule has 0 radical (unpaired) electrons. The first-order valence-electron chi connectivity index (χ1n) is 6.68. The van der Waals surface area contributed by atoms with Gasteiger partial charge in [0.25, 0.3) is 0 Å². The molecule has 1 aromatic carbocycles. The largest absolute Gasteiger partial charge is 0.300 e. The number of carbonyl (C=O) groups is 1. The van der Waals surface area contributed by atoms with E-state index in [-0.39, 0.29) is 5.91 Å². The highest BCUT2D eigenvalue weighted by Gasteiger charge is 2.12. The van der Waals surface area contributed by atoms with Crippen molar-refractivity contribution >= 4 is 57.1 Å². The van der Waals surface area contributed by atoms with Crippen molar-refractivity contribution < 1.29 is 4.79 Å². The third-order valence-corrected chi connectivity index (χ3v) is 6.18. The summed E-state index contributed by atoms with van der Waals surface area (Å²) in [4.78, 5) is 14.1. The van der Waals surface area contributed by atoms with Crippen molar-refractivity contribution in [1.29, 1.82) is 0 Å². The Balaban J connectivity index is 1.57. The molecule has 0 saturated heterocycles. The second kappa shape index (κ2) is 7.44. The topological polar surface area (TPSA) is 54.9 Å². The van der Waals surface area contributed by atoms with Crippen LogP contribution in [-0.4, -0.2) is 21.9 Å². The zero-order chi connectivity index (χ0) is 16.2. The maximum atomic E-state index is 12.0. The molecule has 0 saturated carbocycles. The van der Waals surface area contributed by atoms with Gasteiger partial charge in [-0.15, -0.1) is 33.3 Å². The van der Waals surface area contributed by atoms with Crippen molar-refractivity contribution in [3.63, 3.8) is 0 Å². The van der Waals surface area contributed by atoms with Crippen LogP contribution in [0.15, 0.2) is 40.6 Å². The molecular weight excluding hydrogens is 370 g/mol. The van der Waals surface area contributed by atoms with Crippen molar-refractivity contribution in [3.05, 3.63) is 46.3 Å². The standard InChI is InChI=1S/C15H12ClN3OS3/c1-9-6-7-21-13(9)14-18-19-15(23-14)17-12(20)8-22-11-4-2-10(16)3-5-11/h2-7H,8H2,1H3,(H,17,19,20). The summed E-state index contributed by atoms with van der Waals surface area (Å²) in [6.07, 6.45) is 0. The number of anilines is 1. The molecule has 0 bridgehead atoms. The zero-order valence-electron chi connectivity index (χ0n) is 12.1. The van der Waals surface area contributed by atoms with Crippen LogP contribution in [0.3, 0.4) is 0 Å². The highest BCUT2D eigenvalue weighted by molar-refractivity contribution is 8.00. The number of rotatable bonds is 5. The molecule has 0 aliphatic rings. The molecule has 0 fully saturated rings. The molecule has 8 heteroatoms. The van der Waals surface area contributed by atoms with Gasteiger partial charge in [0.05, 0.1) is 10.6 Å². The fourth-order valence-corrected chi connectivity index (χ4v) is 4.45. The number of halogens is 1. The van der Waals surface area contributed by atoms with E-state index in [0.29, 0.717) is 15.9 Å². The van der Waals surface area contributed by atoms with Gasteiger partial charge in [0, 0.05) is 9.92 Å². The Bertz CT molecular complexity index is 813. The molecule has 1 N–H and O–H groups in total. The molecule has 0 unspecified atom stereocenters. The molecule has 0 spiro atoms. The van der Waals surface area contributed by atoms with E-state index in [9.17, 15) is 4.79 Å². The minimum absolute atomic E-state index is 0.101. The Labute approximate surface area is 150 Å². The van der Waals surface area contributed by atoms with Crippen molar-refractivity contribution in [2.75, 3.05) is 11.1 Å². The number of thioether (sulfide) groups is 1. The molecule has 0 aliphatic carbocycles. The quantitative estimate of drug-likeness (QED) is 0.634. The number of amides is 1. The Kier molecular flexibility index (Phi) is 5.32. The fourth-order valence-electron chi connectivity index (χ4n) is 1.79. The van der Waals surface area contributed by atoms with Crippen LogP contribution in [0.5, 0.6) is 0 Å². The predicted molar refractivity (Wildman–Crippen MR) is 98.8 cm³/mol. The van der Waals surface area contributed by atoms with Crippen molar-refractivity contribution in [2.45, 2.75) is 11.8 Å². The lowest BCUT2D eigenvalue weighted by atomic mass is 10.3. The van der Waals surface area contributed by atoms with Gasteiger partial charge in [0.15, 0.2) is 5.01 Å². The van der Waals surface area contributed by atoms with Crippen LogP contribution in [0.4, 0.5) is 5.13 Å². The number of aromatic nitrogens is 2. The summed E-state index contributed by atoms with van der Waals surface area (Å²) in [6, 6.07) is 9.44. The van der Waals surface area contributed by atoms with Crippen molar-refractivity contribution in [3.8, 4) is 9.88 Å². The third kappa shape index (κ3) is 4.32. The lowest BCUT2D eigenvalue weighted by Gasteiger charge is -2.01. The highest BCUT2D eigenvalue weighted by Crippen LogP contribution is 2.33. The van der Waals surface area contributed by atoms with Crippen LogP contribution in [0, 0.1) is 6.92 Å². The van der Waals surface area contributed by atoms with E-state index in [0.717, 1.165) is 14.8 Å². The number of thiophene rings is 1. The average Bonchev–Trinajstić information content (AvgIpc) is 3.15. The van der Waals surface area contributed by atoms with Gasteiger partial charge in [-0.2, -0.15) is 0 Å². The van der Waals surface area contributed by atoms with E-state index in [1.54, 1.807) is 11.3 Å². The molecular formula is C15H12ClN3OS3. The van der Waals surface area contributed by atoms with Gasteiger partial charge < -0.3 is 0 Å².